The molecule has 2 aliphatic rings. The monoisotopic (exact) mass is 254 g/mol. The third kappa shape index (κ3) is 3.23. The predicted molar refractivity (Wildman–Crippen MR) is 71.2 cm³/mol. The Balaban J connectivity index is 1.82. The smallest absolute Gasteiger partial charge is 0.223 e. The molecule has 0 radical (unpaired) electrons. The highest BCUT2D eigenvalue weighted by Gasteiger charge is 2.30. The number of rotatable bonds is 4. The van der Waals surface area contributed by atoms with Gasteiger partial charge in [0.1, 0.15) is 0 Å². The van der Waals surface area contributed by atoms with Gasteiger partial charge in [-0.3, -0.25) is 4.79 Å². The largest absolute Gasteiger partial charge is 0.394 e. The summed E-state index contributed by atoms with van der Waals surface area (Å²) in [5.74, 6) is 1.33. The van der Waals surface area contributed by atoms with Crippen LogP contribution < -0.4 is 5.32 Å². The van der Waals surface area contributed by atoms with Gasteiger partial charge >= 0.3 is 0 Å². The fourth-order valence-electron chi connectivity index (χ4n) is 3.28. The van der Waals surface area contributed by atoms with E-state index in [4.69, 9.17) is 0 Å². The van der Waals surface area contributed by atoms with Crippen molar-refractivity contribution in [2.75, 3.05) is 26.2 Å². The molecule has 2 rings (SSSR count). The van der Waals surface area contributed by atoms with Crippen LogP contribution in [0, 0.1) is 11.8 Å². The van der Waals surface area contributed by atoms with Crippen LogP contribution in [0.1, 0.15) is 39.0 Å². The molecule has 0 spiro atoms. The first-order valence-corrected chi connectivity index (χ1v) is 7.33. The average Bonchev–Trinajstić information content (AvgIpc) is 2.88. The quantitative estimate of drug-likeness (QED) is 0.787. The van der Waals surface area contributed by atoms with Gasteiger partial charge in [-0.05, 0) is 50.6 Å². The van der Waals surface area contributed by atoms with Crippen LogP contribution in [0.4, 0.5) is 0 Å². The van der Waals surface area contributed by atoms with Gasteiger partial charge < -0.3 is 15.3 Å². The summed E-state index contributed by atoms with van der Waals surface area (Å²) >= 11 is 0. The molecule has 2 unspecified atom stereocenters. The first-order chi connectivity index (χ1) is 8.72. The topological polar surface area (TPSA) is 52.6 Å². The summed E-state index contributed by atoms with van der Waals surface area (Å²) in [5.41, 5.74) is 0. The first-order valence-electron chi connectivity index (χ1n) is 7.33. The Hall–Kier alpha value is -0.610. The van der Waals surface area contributed by atoms with Crippen LogP contribution in [0.2, 0.25) is 0 Å². The van der Waals surface area contributed by atoms with E-state index in [2.05, 4.69) is 12.2 Å². The number of amides is 1. The standard InChI is InChI=1S/C14H26N2O2/c1-11(12-4-2-6-15-9-12)8-14(18)16-7-3-5-13(16)10-17/h11-13,15,17H,2-10H2,1H3/t11?,12?,13-/m1/s1. The van der Waals surface area contributed by atoms with E-state index in [1.807, 2.05) is 4.90 Å². The van der Waals surface area contributed by atoms with Crippen LogP contribution in [0.25, 0.3) is 0 Å². The number of aliphatic hydroxyl groups is 1. The van der Waals surface area contributed by atoms with E-state index in [9.17, 15) is 9.90 Å². The van der Waals surface area contributed by atoms with Gasteiger partial charge in [-0.2, -0.15) is 0 Å². The van der Waals surface area contributed by atoms with E-state index >= 15 is 0 Å². The van der Waals surface area contributed by atoms with Crippen LogP contribution in [-0.2, 0) is 4.79 Å². The van der Waals surface area contributed by atoms with E-state index < -0.39 is 0 Å². The van der Waals surface area contributed by atoms with Crippen LogP contribution >= 0.6 is 0 Å². The molecule has 4 nitrogen and oxygen atoms in total. The van der Waals surface area contributed by atoms with Crippen molar-refractivity contribution in [3.8, 4) is 0 Å². The Morgan fingerprint density at radius 2 is 2.28 bits per heavy atom. The predicted octanol–water partition coefficient (Wildman–Crippen LogP) is 0.996. The molecule has 0 aromatic rings. The van der Waals surface area contributed by atoms with Gasteiger partial charge in [-0.1, -0.05) is 6.92 Å². The normalized spacial score (nSPS) is 30.4. The minimum atomic E-state index is 0.0779. The van der Waals surface area contributed by atoms with Crippen molar-refractivity contribution in [3.63, 3.8) is 0 Å². The highest BCUT2D eigenvalue weighted by Crippen LogP contribution is 2.25. The number of carbonyl (C=O) groups excluding carboxylic acids is 1. The molecule has 0 saturated carbocycles. The van der Waals surface area contributed by atoms with Crippen molar-refractivity contribution in [2.45, 2.75) is 45.1 Å². The summed E-state index contributed by atoms with van der Waals surface area (Å²) in [5, 5.41) is 12.7. The minimum absolute atomic E-state index is 0.0779. The van der Waals surface area contributed by atoms with Gasteiger partial charge in [-0.15, -0.1) is 0 Å². The highest BCUT2D eigenvalue weighted by molar-refractivity contribution is 5.77. The van der Waals surface area contributed by atoms with Gasteiger partial charge in [-0.25, -0.2) is 0 Å². The second kappa shape index (κ2) is 6.53. The fourth-order valence-corrected chi connectivity index (χ4v) is 3.28. The van der Waals surface area contributed by atoms with E-state index in [-0.39, 0.29) is 18.6 Å². The molecular weight excluding hydrogens is 228 g/mol. The molecule has 0 aromatic heterocycles. The lowest BCUT2D eigenvalue weighted by molar-refractivity contribution is -0.134. The van der Waals surface area contributed by atoms with Crippen molar-refractivity contribution in [2.24, 2.45) is 11.8 Å². The van der Waals surface area contributed by atoms with Gasteiger partial charge in [0.05, 0.1) is 12.6 Å². The van der Waals surface area contributed by atoms with Crippen molar-refractivity contribution in [1.29, 1.82) is 0 Å². The van der Waals surface area contributed by atoms with Crippen molar-refractivity contribution >= 4 is 5.91 Å². The Kier molecular flexibility index (Phi) is 5.01. The van der Waals surface area contributed by atoms with E-state index in [1.54, 1.807) is 0 Å². The summed E-state index contributed by atoms with van der Waals surface area (Å²) in [7, 11) is 0. The molecule has 2 saturated heterocycles. The second-order valence-corrected chi connectivity index (χ2v) is 5.85. The van der Waals surface area contributed by atoms with Crippen LogP contribution in [0.5, 0.6) is 0 Å². The SMILES string of the molecule is CC(CC(=O)N1CCC[C@@H]1CO)C1CCCNC1. The fraction of sp³-hybridized carbons (Fsp3) is 0.929. The van der Waals surface area contributed by atoms with Crippen molar-refractivity contribution in [3.05, 3.63) is 0 Å². The molecule has 1 amide bonds. The molecular formula is C14H26N2O2. The number of hydrogen-bond donors (Lipinski definition) is 2. The Labute approximate surface area is 110 Å². The number of carbonyl (C=O) groups is 1. The van der Waals surface area contributed by atoms with Crippen LogP contribution in [-0.4, -0.2) is 48.2 Å². The first kappa shape index (κ1) is 13.8. The Morgan fingerprint density at radius 3 is 2.94 bits per heavy atom. The Morgan fingerprint density at radius 1 is 1.44 bits per heavy atom. The van der Waals surface area contributed by atoms with Gasteiger partial charge in [0.25, 0.3) is 0 Å². The number of hydrogen-bond acceptors (Lipinski definition) is 3. The summed E-state index contributed by atoms with van der Waals surface area (Å²) in [4.78, 5) is 14.2. The van der Waals surface area contributed by atoms with E-state index in [0.717, 1.165) is 32.5 Å². The zero-order valence-corrected chi connectivity index (χ0v) is 11.4. The molecule has 18 heavy (non-hydrogen) atoms. The maximum Gasteiger partial charge on any atom is 0.223 e. The second-order valence-electron chi connectivity index (χ2n) is 5.85. The molecule has 2 N–H and O–H groups in total. The third-order valence-corrected chi connectivity index (χ3v) is 4.54. The molecule has 0 aliphatic carbocycles. The average molecular weight is 254 g/mol. The van der Waals surface area contributed by atoms with E-state index in [1.165, 1.54) is 12.8 Å². The third-order valence-electron chi connectivity index (χ3n) is 4.54. The number of likely N-dealkylation sites (tertiary alicyclic amines) is 1. The summed E-state index contributed by atoms with van der Waals surface area (Å²) < 4.78 is 0. The molecule has 2 fully saturated rings. The number of nitrogens with zero attached hydrogens (tertiary/aromatic N) is 1. The molecule has 0 aromatic carbocycles. The molecule has 4 heteroatoms. The van der Waals surface area contributed by atoms with Crippen LogP contribution in [0.3, 0.4) is 0 Å². The lowest BCUT2D eigenvalue weighted by atomic mass is 9.85. The molecule has 104 valence electrons. The maximum atomic E-state index is 12.3. The van der Waals surface area contributed by atoms with E-state index in [0.29, 0.717) is 18.3 Å². The van der Waals surface area contributed by atoms with Crippen molar-refractivity contribution < 1.29 is 9.90 Å². The Bertz CT molecular complexity index is 277. The lowest BCUT2D eigenvalue weighted by Crippen LogP contribution is -2.40. The van der Waals surface area contributed by atoms with Gasteiger partial charge in [0.15, 0.2) is 0 Å². The lowest BCUT2D eigenvalue weighted by Gasteiger charge is -2.30. The number of aliphatic hydroxyl groups excluding tert-OH is 1. The van der Waals surface area contributed by atoms with Crippen LogP contribution in [0.15, 0.2) is 0 Å². The number of nitrogens with one attached hydrogen (secondary N) is 1. The van der Waals surface area contributed by atoms with Gasteiger partial charge in [0, 0.05) is 13.0 Å². The molecule has 2 aliphatic heterocycles. The highest BCUT2D eigenvalue weighted by atomic mass is 16.3. The zero-order valence-electron chi connectivity index (χ0n) is 11.4. The summed E-state index contributed by atoms with van der Waals surface area (Å²) in [6, 6.07) is 0.0779. The molecule has 2 heterocycles. The summed E-state index contributed by atoms with van der Waals surface area (Å²) in [6.45, 7) is 5.32. The van der Waals surface area contributed by atoms with Gasteiger partial charge in [0.2, 0.25) is 5.91 Å². The number of piperidine rings is 1. The minimum Gasteiger partial charge on any atom is -0.394 e. The molecule has 0 bridgehead atoms. The zero-order chi connectivity index (χ0) is 13.0. The maximum absolute atomic E-state index is 12.3. The molecule has 3 atom stereocenters. The summed E-state index contributed by atoms with van der Waals surface area (Å²) in [6.07, 6.45) is 5.11. The van der Waals surface area contributed by atoms with Crippen molar-refractivity contribution in [1.82, 2.24) is 10.2 Å².